The van der Waals surface area contributed by atoms with Crippen LogP contribution in [0.2, 0.25) is 0 Å². The van der Waals surface area contributed by atoms with Crippen LogP contribution in [0.1, 0.15) is 40.0 Å². The molecule has 2 aliphatic heterocycles. The van der Waals surface area contributed by atoms with Gasteiger partial charge in [0, 0.05) is 24.1 Å². The standard InChI is InChI=1S/C24H25NO5S/c1-25-18-13-14-19(25)24(31,22(28)29-2)23(15-18,20(26)16-9-5-3-6-10-16)30-21(27)17-11-7-4-8-12-17/h3-12,18-19,31H,13-15H2,1-2H3/t18-,19+,23+,24+/m1/s1. The molecular weight excluding hydrogens is 414 g/mol. The van der Waals surface area contributed by atoms with Crippen LogP contribution in [-0.2, 0) is 14.3 Å². The highest BCUT2D eigenvalue weighted by Gasteiger charge is 2.72. The second-order valence-corrected chi connectivity index (χ2v) is 8.86. The van der Waals surface area contributed by atoms with E-state index in [0.29, 0.717) is 17.5 Å². The molecule has 2 saturated heterocycles. The zero-order valence-electron chi connectivity index (χ0n) is 17.5. The Bertz CT molecular complexity index is 998. The maximum atomic E-state index is 14.0. The molecule has 2 fully saturated rings. The lowest BCUT2D eigenvalue weighted by atomic mass is 9.70. The molecule has 2 aromatic carbocycles. The molecule has 0 radical (unpaired) electrons. The van der Waals surface area contributed by atoms with E-state index in [-0.39, 0.29) is 12.5 Å². The number of rotatable bonds is 5. The van der Waals surface area contributed by atoms with E-state index in [1.54, 1.807) is 60.7 Å². The molecule has 0 aliphatic carbocycles. The smallest absolute Gasteiger partial charge is 0.339 e. The number of hydrogen-bond donors (Lipinski definition) is 1. The van der Waals surface area contributed by atoms with E-state index in [1.807, 2.05) is 7.05 Å². The first-order valence-corrected chi connectivity index (χ1v) is 10.7. The molecule has 0 amide bonds. The summed E-state index contributed by atoms with van der Waals surface area (Å²) in [6.07, 6.45) is 1.57. The largest absolute Gasteiger partial charge is 0.468 e. The Morgan fingerprint density at radius 1 is 0.968 bits per heavy atom. The van der Waals surface area contributed by atoms with Gasteiger partial charge in [0.1, 0.15) is 0 Å². The average molecular weight is 440 g/mol. The van der Waals surface area contributed by atoms with Gasteiger partial charge in [0.15, 0.2) is 4.75 Å². The van der Waals surface area contributed by atoms with Gasteiger partial charge in [-0.2, -0.15) is 12.6 Å². The summed E-state index contributed by atoms with van der Waals surface area (Å²) in [5.74, 6) is -1.79. The van der Waals surface area contributed by atoms with Gasteiger partial charge in [-0.3, -0.25) is 14.5 Å². The van der Waals surface area contributed by atoms with Gasteiger partial charge in [-0.05, 0) is 32.0 Å². The summed E-state index contributed by atoms with van der Waals surface area (Å²) < 4.78 is 9.53. The molecule has 2 bridgehead atoms. The summed E-state index contributed by atoms with van der Waals surface area (Å²) >= 11 is 4.83. The molecule has 6 nitrogen and oxygen atoms in total. The number of ether oxygens (including phenoxy) is 2. The number of carbonyl (C=O) groups excluding carboxylic acids is 3. The van der Waals surface area contributed by atoms with Gasteiger partial charge in [0.25, 0.3) is 0 Å². The zero-order valence-corrected chi connectivity index (χ0v) is 18.4. The molecule has 2 heterocycles. The van der Waals surface area contributed by atoms with Gasteiger partial charge in [0.05, 0.1) is 12.7 Å². The number of fused-ring (bicyclic) bond motifs is 2. The predicted octanol–water partition coefficient (Wildman–Crippen LogP) is 3.17. The van der Waals surface area contributed by atoms with Crippen molar-refractivity contribution in [2.45, 2.75) is 41.7 Å². The molecule has 7 heteroatoms. The minimum absolute atomic E-state index is 0.0221. The van der Waals surface area contributed by atoms with Gasteiger partial charge in [-0.15, -0.1) is 0 Å². The van der Waals surface area contributed by atoms with Crippen LogP contribution >= 0.6 is 12.6 Å². The summed E-state index contributed by atoms with van der Waals surface area (Å²) in [4.78, 5) is 42.5. The fourth-order valence-corrected chi connectivity index (χ4v) is 5.66. The van der Waals surface area contributed by atoms with Crippen LogP contribution in [0.15, 0.2) is 60.7 Å². The molecule has 0 saturated carbocycles. The molecular formula is C24H25NO5S. The lowest BCUT2D eigenvalue weighted by Crippen LogP contribution is -2.74. The van der Waals surface area contributed by atoms with E-state index in [4.69, 9.17) is 22.1 Å². The lowest BCUT2D eigenvalue weighted by Gasteiger charge is -2.53. The SMILES string of the molecule is COC(=O)[C@@]1(S)[C@@H]2CC[C@H](C[C@]1(OC(=O)c1ccccc1)C(=O)c1ccccc1)N2C. The number of methoxy groups -OCH3 is 1. The van der Waals surface area contributed by atoms with E-state index in [1.165, 1.54) is 7.11 Å². The molecule has 4 atom stereocenters. The van der Waals surface area contributed by atoms with Gasteiger partial charge >= 0.3 is 11.9 Å². The molecule has 0 aromatic heterocycles. The first kappa shape index (κ1) is 21.6. The lowest BCUT2D eigenvalue weighted by molar-refractivity contribution is -0.157. The van der Waals surface area contributed by atoms with Crippen molar-refractivity contribution in [1.82, 2.24) is 4.90 Å². The molecule has 0 N–H and O–H groups in total. The number of hydrogen-bond acceptors (Lipinski definition) is 7. The minimum atomic E-state index is -1.81. The van der Waals surface area contributed by atoms with Crippen molar-refractivity contribution in [3.05, 3.63) is 71.8 Å². The highest BCUT2D eigenvalue weighted by molar-refractivity contribution is 7.83. The summed E-state index contributed by atoms with van der Waals surface area (Å²) in [5, 5.41) is 0. The minimum Gasteiger partial charge on any atom is -0.468 e. The number of nitrogens with zero attached hydrogens (tertiary/aromatic N) is 1. The van der Waals surface area contributed by atoms with Crippen molar-refractivity contribution in [3.8, 4) is 0 Å². The third kappa shape index (κ3) is 3.27. The van der Waals surface area contributed by atoms with Gasteiger partial charge in [-0.1, -0.05) is 48.5 Å². The molecule has 0 spiro atoms. The van der Waals surface area contributed by atoms with Crippen LogP contribution in [0.5, 0.6) is 0 Å². The summed E-state index contributed by atoms with van der Waals surface area (Å²) in [6.45, 7) is 0. The van der Waals surface area contributed by atoms with Crippen LogP contribution in [0, 0.1) is 0 Å². The molecule has 31 heavy (non-hydrogen) atoms. The Balaban J connectivity index is 1.89. The number of thiol groups is 1. The summed E-state index contributed by atoms with van der Waals surface area (Å²) in [6, 6.07) is 16.6. The Hall–Kier alpha value is -2.64. The number of esters is 2. The van der Waals surface area contributed by atoms with E-state index in [2.05, 4.69) is 4.90 Å². The fourth-order valence-electron chi connectivity index (χ4n) is 5.02. The number of ketones is 1. The van der Waals surface area contributed by atoms with Crippen molar-refractivity contribution in [3.63, 3.8) is 0 Å². The second-order valence-electron chi connectivity index (χ2n) is 8.15. The Kier molecular flexibility index (Phi) is 5.66. The van der Waals surface area contributed by atoms with E-state index in [9.17, 15) is 14.4 Å². The van der Waals surface area contributed by atoms with Crippen LogP contribution in [0.4, 0.5) is 0 Å². The normalized spacial score (nSPS) is 29.9. The molecule has 0 unspecified atom stereocenters. The van der Waals surface area contributed by atoms with Crippen molar-refractivity contribution >= 4 is 30.4 Å². The van der Waals surface area contributed by atoms with Crippen molar-refractivity contribution in [2.24, 2.45) is 0 Å². The maximum Gasteiger partial charge on any atom is 0.339 e. The van der Waals surface area contributed by atoms with Crippen LogP contribution in [0.3, 0.4) is 0 Å². The monoisotopic (exact) mass is 439 g/mol. The summed E-state index contributed by atoms with van der Waals surface area (Å²) in [5.41, 5.74) is -1.15. The van der Waals surface area contributed by atoms with Crippen LogP contribution < -0.4 is 0 Å². The first-order chi connectivity index (χ1) is 14.8. The quantitative estimate of drug-likeness (QED) is 0.438. The van der Waals surface area contributed by atoms with E-state index in [0.717, 1.165) is 6.42 Å². The number of benzene rings is 2. The topological polar surface area (TPSA) is 72.9 Å². The van der Waals surface area contributed by atoms with Gasteiger partial charge in [0.2, 0.25) is 11.4 Å². The van der Waals surface area contributed by atoms with Crippen molar-refractivity contribution in [2.75, 3.05) is 14.2 Å². The highest BCUT2D eigenvalue weighted by Crippen LogP contribution is 2.53. The maximum absolute atomic E-state index is 14.0. The molecule has 162 valence electrons. The molecule has 2 aromatic rings. The molecule has 4 rings (SSSR count). The zero-order chi connectivity index (χ0) is 22.2. The van der Waals surface area contributed by atoms with Crippen molar-refractivity contribution in [1.29, 1.82) is 0 Å². The van der Waals surface area contributed by atoms with E-state index >= 15 is 0 Å². The third-order valence-electron chi connectivity index (χ3n) is 6.64. The van der Waals surface area contributed by atoms with Crippen LogP contribution in [-0.4, -0.2) is 59.2 Å². The number of carbonyl (C=O) groups is 3. The third-order valence-corrected chi connectivity index (χ3v) is 7.48. The Morgan fingerprint density at radius 2 is 1.55 bits per heavy atom. The van der Waals surface area contributed by atoms with Gasteiger partial charge < -0.3 is 9.47 Å². The Labute approximate surface area is 186 Å². The average Bonchev–Trinajstić information content (AvgIpc) is 3.11. The predicted molar refractivity (Wildman–Crippen MR) is 118 cm³/mol. The summed E-state index contributed by atoms with van der Waals surface area (Å²) in [7, 11) is 3.17. The highest BCUT2D eigenvalue weighted by atomic mass is 32.1. The second kappa shape index (κ2) is 8.13. The van der Waals surface area contributed by atoms with E-state index < -0.39 is 34.1 Å². The number of piperidine rings is 1. The van der Waals surface area contributed by atoms with Gasteiger partial charge in [-0.25, -0.2) is 4.79 Å². The number of Topliss-reactive ketones (excluding diaryl/α,β-unsaturated/α-hetero) is 1. The Morgan fingerprint density at radius 3 is 2.13 bits per heavy atom. The van der Waals surface area contributed by atoms with Crippen molar-refractivity contribution < 1.29 is 23.9 Å². The molecule has 2 aliphatic rings. The fraction of sp³-hybridized carbons (Fsp3) is 0.375. The van der Waals surface area contributed by atoms with Crippen LogP contribution in [0.25, 0.3) is 0 Å². The first-order valence-electron chi connectivity index (χ1n) is 10.3.